The molecule has 0 amide bonds. The minimum atomic E-state index is 0.584. The van der Waals surface area contributed by atoms with Crippen LogP contribution in [0.15, 0.2) is 18.2 Å². The van der Waals surface area contributed by atoms with Crippen LogP contribution >= 0.6 is 0 Å². The SMILES string of the molecule is CN1C2CCC1CN(c1cccc(C#N)c1N)CC2. The molecule has 2 aliphatic heterocycles. The van der Waals surface area contributed by atoms with Crippen molar-refractivity contribution in [2.45, 2.75) is 31.3 Å². The second-order valence-electron chi connectivity index (χ2n) is 5.64. The molecule has 4 heteroatoms. The first kappa shape index (κ1) is 12.3. The summed E-state index contributed by atoms with van der Waals surface area (Å²) in [5, 5.41) is 9.09. The summed E-state index contributed by atoms with van der Waals surface area (Å²) in [6.45, 7) is 2.05. The number of para-hydroxylation sites is 1. The molecule has 19 heavy (non-hydrogen) atoms. The average molecular weight is 256 g/mol. The molecule has 0 saturated carbocycles. The maximum Gasteiger partial charge on any atom is 0.101 e. The quantitative estimate of drug-likeness (QED) is 0.779. The van der Waals surface area contributed by atoms with Gasteiger partial charge in [-0.3, -0.25) is 4.90 Å². The highest BCUT2D eigenvalue weighted by atomic mass is 15.3. The van der Waals surface area contributed by atoms with Gasteiger partial charge in [-0.1, -0.05) is 6.07 Å². The van der Waals surface area contributed by atoms with Crippen LogP contribution in [-0.4, -0.2) is 37.1 Å². The van der Waals surface area contributed by atoms with Crippen molar-refractivity contribution in [1.29, 1.82) is 5.26 Å². The summed E-state index contributed by atoms with van der Waals surface area (Å²) in [6, 6.07) is 9.26. The molecule has 2 bridgehead atoms. The van der Waals surface area contributed by atoms with Crippen LogP contribution in [0.2, 0.25) is 0 Å². The van der Waals surface area contributed by atoms with Gasteiger partial charge >= 0.3 is 0 Å². The third-order valence-electron chi connectivity index (χ3n) is 4.69. The molecule has 0 aromatic heterocycles. The van der Waals surface area contributed by atoms with Crippen molar-refractivity contribution in [2.24, 2.45) is 0 Å². The second kappa shape index (κ2) is 4.75. The van der Waals surface area contributed by atoms with Crippen LogP contribution in [0.3, 0.4) is 0 Å². The van der Waals surface area contributed by atoms with Crippen molar-refractivity contribution in [3.05, 3.63) is 23.8 Å². The largest absolute Gasteiger partial charge is 0.396 e. The summed E-state index contributed by atoms with van der Waals surface area (Å²) < 4.78 is 0. The Bertz CT molecular complexity index is 519. The molecule has 1 aromatic carbocycles. The smallest absolute Gasteiger partial charge is 0.101 e. The Kier molecular flexibility index (Phi) is 3.08. The minimum Gasteiger partial charge on any atom is -0.396 e. The molecule has 0 spiro atoms. The zero-order valence-electron chi connectivity index (χ0n) is 11.3. The van der Waals surface area contributed by atoms with E-state index in [0.717, 1.165) is 24.8 Å². The Labute approximate surface area is 114 Å². The van der Waals surface area contributed by atoms with Gasteiger partial charge in [0.2, 0.25) is 0 Å². The Morgan fingerprint density at radius 2 is 2.05 bits per heavy atom. The van der Waals surface area contributed by atoms with Gasteiger partial charge in [0.15, 0.2) is 0 Å². The molecule has 100 valence electrons. The Balaban J connectivity index is 1.89. The van der Waals surface area contributed by atoms with E-state index < -0.39 is 0 Å². The van der Waals surface area contributed by atoms with Crippen LogP contribution in [0.5, 0.6) is 0 Å². The molecule has 0 radical (unpaired) electrons. The van der Waals surface area contributed by atoms with E-state index in [1.807, 2.05) is 12.1 Å². The molecule has 0 aliphatic carbocycles. The number of likely N-dealkylation sites (N-methyl/N-ethyl adjacent to an activating group) is 1. The monoisotopic (exact) mass is 256 g/mol. The third-order valence-corrected chi connectivity index (χ3v) is 4.69. The lowest BCUT2D eigenvalue weighted by molar-refractivity contribution is 0.254. The number of hydrogen-bond donors (Lipinski definition) is 1. The third kappa shape index (κ3) is 2.04. The first-order chi connectivity index (χ1) is 9.20. The van der Waals surface area contributed by atoms with Crippen LogP contribution in [0.4, 0.5) is 11.4 Å². The highest BCUT2D eigenvalue weighted by Gasteiger charge is 2.35. The van der Waals surface area contributed by atoms with Crippen LogP contribution in [0, 0.1) is 11.3 Å². The van der Waals surface area contributed by atoms with E-state index in [9.17, 15) is 0 Å². The van der Waals surface area contributed by atoms with Gasteiger partial charge in [0, 0.05) is 25.2 Å². The zero-order valence-corrected chi connectivity index (χ0v) is 11.3. The van der Waals surface area contributed by atoms with Crippen LogP contribution in [-0.2, 0) is 0 Å². The molecule has 1 aromatic rings. The maximum atomic E-state index is 9.09. The second-order valence-corrected chi connectivity index (χ2v) is 5.64. The maximum absolute atomic E-state index is 9.09. The van der Waals surface area contributed by atoms with Crippen LogP contribution in [0.1, 0.15) is 24.8 Å². The number of nitrogen functional groups attached to an aromatic ring is 1. The van der Waals surface area contributed by atoms with E-state index in [4.69, 9.17) is 11.0 Å². The fourth-order valence-electron chi connectivity index (χ4n) is 3.45. The molecule has 2 heterocycles. The number of anilines is 2. The molecule has 2 N–H and O–H groups in total. The van der Waals surface area contributed by atoms with E-state index in [1.54, 1.807) is 6.07 Å². The summed E-state index contributed by atoms with van der Waals surface area (Å²) >= 11 is 0. The number of benzene rings is 1. The van der Waals surface area contributed by atoms with Gasteiger partial charge in [-0.25, -0.2) is 0 Å². The lowest BCUT2D eigenvalue weighted by Crippen LogP contribution is -2.36. The minimum absolute atomic E-state index is 0.584. The van der Waals surface area contributed by atoms with E-state index in [0.29, 0.717) is 17.3 Å². The molecule has 3 rings (SSSR count). The number of rotatable bonds is 1. The lowest BCUT2D eigenvalue weighted by atomic mass is 10.1. The Morgan fingerprint density at radius 1 is 1.26 bits per heavy atom. The number of nitriles is 1. The average Bonchev–Trinajstić information content (AvgIpc) is 2.64. The van der Waals surface area contributed by atoms with Crippen molar-refractivity contribution in [3.8, 4) is 6.07 Å². The fourth-order valence-corrected chi connectivity index (χ4v) is 3.45. The van der Waals surface area contributed by atoms with Gasteiger partial charge in [0.1, 0.15) is 6.07 Å². The van der Waals surface area contributed by atoms with Crippen molar-refractivity contribution < 1.29 is 0 Å². The summed E-state index contributed by atoms with van der Waals surface area (Å²) in [5.74, 6) is 0. The predicted molar refractivity (Wildman–Crippen MR) is 77.0 cm³/mol. The van der Waals surface area contributed by atoms with Gasteiger partial charge < -0.3 is 10.6 Å². The highest BCUT2D eigenvalue weighted by molar-refractivity contribution is 5.74. The van der Waals surface area contributed by atoms with E-state index in [1.165, 1.54) is 19.3 Å². The number of hydrogen-bond acceptors (Lipinski definition) is 4. The summed E-state index contributed by atoms with van der Waals surface area (Å²) in [7, 11) is 2.24. The zero-order chi connectivity index (χ0) is 13.4. The van der Waals surface area contributed by atoms with Crippen molar-refractivity contribution >= 4 is 11.4 Å². The van der Waals surface area contributed by atoms with Gasteiger partial charge in [0.05, 0.1) is 16.9 Å². The van der Waals surface area contributed by atoms with E-state index >= 15 is 0 Å². The topological polar surface area (TPSA) is 56.3 Å². The number of fused-ring (bicyclic) bond motifs is 2. The molecule has 2 unspecified atom stereocenters. The van der Waals surface area contributed by atoms with Gasteiger partial charge in [-0.15, -0.1) is 0 Å². The van der Waals surface area contributed by atoms with E-state index in [2.05, 4.69) is 22.9 Å². The summed E-state index contributed by atoms with van der Waals surface area (Å²) in [5.41, 5.74) is 8.37. The van der Waals surface area contributed by atoms with Gasteiger partial charge in [-0.05, 0) is 38.4 Å². The fraction of sp³-hybridized carbons (Fsp3) is 0.533. The van der Waals surface area contributed by atoms with Crippen molar-refractivity contribution in [1.82, 2.24) is 4.90 Å². The number of nitrogens with two attached hydrogens (primary N) is 1. The molecule has 2 aliphatic rings. The predicted octanol–water partition coefficient (Wildman–Crippen LogP) is 1.81. The summed E-state index contributed by atoms with van der Waals surface area (Å²) in [6.07, 6.45) is 3.78. The molecule has 2 saturated heterocycles. The lowest BCUT2D eigenvalue weighted by Gasteiger charge is -2.28. The molecule has 4 nitrogen and oxygen atoms in total. The molecular weight excluding hydrogens is 236 g/mol. The van der Waals surface area contributed by atoms with Gasteiger partial charge in [-0.2, -0.15) is 5.26 Å². The van der Waals surface area contributed by atoms with Crippen molar-refractivity contribution in [2.75, 3.05) is 30.8 Å². The van der Waals surface area contributed by atoms with Crippen LogP contribution < -0.4 is 10.6 Å². The Hall–Kier alpha value is -1.73. The van der Waals surface area contributed by atoms with Crippen molar-refractivity contribution in [3.63, 3.8) is 0 Å². The molecule has 2 atom stereocenters. The molecule has 2 fully saturated rings. The first-order valence-electron chi connectivity index (χ1n) is 6.96. The standard InChI is InChI=1S/C15H20N4/c1-18-12-5-6-13(18)10-19(8-7-12)14-4-2-3-11(9-16)15(14)17/h2-4,12-13H,5-8,10,17H2,1H3. The van der Waals surface area contributed by atoms with Crippen LogP contribution in [0.25, 0.3) is 0 Å². The highest BCUT2D eigenvalue weighted by Crippen LogP contribution is 2.33. The normalized spacial score (nSPS) is 27.1. The molecular formula is C15H20N4. The summed E-state index contributed by atoms with van der Waals surface area (Å²) in [4.78, 5) is 4.88. The number of nitrogens with zero attached hydrogens (tertiary/aromatic N) is 3. The first-order valence-corrected chi connectivity index (χ1v) is 6.96. The Morgan fingerprint density at radius 3 is 2.84 bits per heavy atom. The van der Waals surface area contributed by atoms with Gasteiger partial charge in [0.25, 0.3) is 0 Å². The van der Waals surface area contributed by atoms with E-state index in [-0.39, 0.29) is 0 Å².